The molecule has 0 bridgehead atoms. The van der Waals surface area contributed by atoms with Gasteiger partial charge in [-0.3, -0.25) is 9.05 Å². The fraction of sp³-hybridized carbons (Fsp3) is 0.235. The van der Waals surface area contributed by atoms with E-state index in [0.29, 0.717) is 4.38 Å². The Bertz CT molecular complexity index is 642. The van der Waals surface area contributed by atoms with Crippen molar-refractivity contribution in [3.05, 3.63) is 60.7 Å². The summed E-state index contributed by atoms with van der Waals surface area (Å²) in [7, 11) is -3.50. The smallest absolute Gasteiger partial charge is 0.291 e. The fourth-order valence-corrected chi connectivity index (χ4v) is 5.46. The van der Waals surface area contributed by atoms with Gasteiger partial charge in [0, 0.05) is 9.79 Å². The Morgan fingerprint density at radius 1 is 0.875 bits per heavy atom. The van der Waals surface area contributed by atoms with E-state index in [1.807, 2.05) is 60.7 Å². The lowest BCUT2D eigenvalue weighted by molar-refractivity contribution is 0.221. The molecule has 0 fully saturated rings. The van der Waals surface area contributed by atoms with Crippen LogP contribution in [-0.4, -0.2) is 17.6 Å². The quantitative estimate of drug-likeness (QED) is 0.251. The topological polar surface area (TPSA) is 47.9 Å². The molecular formula is C17H20NO3PS2. The summed E-state index contributed by atoms with van der Waals surface area (Å²) in [6, 6.07) is 19.7. The molecule has 0 aliphatic rings. The lowest BCUT2D eigenvalue weighted by atomic mass is 10.4. The maximum atomic E-state index is 12.7. The minimum absolute atomic E-state index is 0.278. The third kappa shape index (κ3) is 6.46. The number of nitrogens with zero attached hydrogens (tertiary/aromatic N) is 1. The first-order valence-electron chi connectivity index (χ1n) is 7.60. The van der Waals surface area contributed by atoms with Gasteiger partial charge in [0.15, 0.2) is 0 Å². The third-order valence-electron chi connectivity index (χ3n) is 2.69. The maximum absolute atomic E-state index is 12.7. The van der Waals surface area contributed by atoms with E-state index in [1.165, 1.54) is 23.5 Å². The summed E-state index contributed by atoms with van der Waals surface area (Å²) in [5, 5.41) is 0. The number of benzene rings is 2. The Hall–Kier alpha value is -1.04. The highest BCUT2D eigenvalue weighted by molar-refractivity contribution is 8.39. The zero-order chi connectivity index (χ0) is 17.3. The first-order valence-corrected chi connectivity index (χ1v) is 10.7. The highest BCUT2D eigenvalue weighted by Crippen LogP contribution is 2.52. The first kappa shape index (κ1) is 19.3. The van der Waals surface area contributed by atoms with Crippen molar-refractivity contribution in [1.29, 1.82) is 0 Å². The van der Waals surface area contributed by atoms with Crippen molar-refractivity contribution in [3.8, 4) is 0 Å². The SMILES string of the molecule is CCOP(=O)(N=C(Sc1ccccc1)Sc1ccccc1)OCC. The molecule has 0 aromatic heterocycles. The number of thioether (sulfide) groups is 2. The Balaban J connectivity index is 2.29. The normalized spacial score (nSPS) is 11.2. The summed E-state index contributed by atoms with van der Waals surface area (Å²) in [5.74, 6) is 0. The van der Waals surface area contributed by atoms with Crippen LogP contribution in [0.25, 0.3) is 0 Å². The van der Waals surface area contributed by atoms with Crippen LogP contribution in [0.15, 0.2) is 75.2 Å². The molecule has 0 heterocycles. The van der Waals surface area contributed by atoms with Gasteiger partial charge in [-0.1, -0.05) is 59.9 Å². The van der Waals surface area contributed by atoms with E-state index in [4.69, 9.17) is 9.05 Å². The molecule has 128 valence electrons. The highest BCUT2D eigenvalue weighted by Gasteiger charge is 2.24. The van der Waals surface area contributed by atoms with Crippen LogP contribution < -0.4 is 0 Å². The summed E-state index contributed by atoms with van der Waals surface area (Å²) >= 11 is 2.89. The number of hydrogen-bond donors (Lipinski definition) is 0. The molecule has 0 N–H and O–H groups in total. The summed E-state index contributed by atoms with van der Waals surface area (Å²) in [4.78, 5) is 2.03. The first-order chi connectivity index (χ1) is 11.6. The van der Waals surface area contributed by atoms with Crippen molar-refractivity contribution in [2.75, 3.05) is 13.2 Å². The van der Waals surface area contributed by atoms with Crippen LogP contribution in [0.1, 0.15) is 13.8 Å². The van der Waals surface area contributed by atoms with Crippen molar-refractivity contribution in [2.45, 2.75) is 23.6 Å². The molecule has 0 amide bonds. The Morgan fingerprint density at radius 2 is 1.29 bits per heavy atom. The molecule has 2 aromatic rings. The van der Waals surface area contributed by atoms with Gasteiger partial charge in [-0.15, -0.1) is 0 Å². The second-order valence-corrected chi connectivity index (χ2v) is 8.54. The monoisotopic (exact) mass is 381 g/mol. The number of rotatable bonds is 7. The van der Waals surface area contributed by atoms with Crippen molar-refractivity contribution in [3.63, 3.8) is 0 Å². The van der Waals surface area contributed by atoms with Gasteiger partial charge in [0.1, 0.15) is 4.38 Å². The molecule has 0 spiro atoms. The number of hydrogen-bond acceptors (Lipinski definition) is 5. The average molecular weight is 381 g/mol. The standard InChI is InChI=1S/C17H20NO3PS2/c1-3-20-22(19,21-4-2)18-17(23-15-11-7-5-8-12-15)24-16-13-9-6-10-14-16/h5-14H,3-4H2,1-2H3. The van der Waals surface area contributed by atoms with E-state index in [0.717, 1.165) is 9.79 Å². The molecule has 0 atom stereocenters. The van der Waals surface area contributed by atoms with Crippen LogP contribution in [-0.2, 0) is 13.6 Å². The Morgan fingerprint density at radius 3 is 1.67 bits per heavy atom. The third-order valence-corrected chi connectivity index (χ3v) is 6.62. The van der Waals surface area contributed by atoms with Gasteiger partial charge in [-0.2, -0.15) is 4.76 Å². The van der Waals surface area contributed by atoms with E-state index in [-0.39, 0.29) is 13.2 Å². The van der Waals surface area contributed by atoms with Crippen molar-refractivity contribution < 1.29 is 13.6 Å². The Labute approximate surface area is 151 Å². The molecule has 7 heteroatoms. The van der Waals surface area contributed by atoms with Gasteiger partial charge >= 0.3 is 7.75 Å². The molecule has 24 heavy (non-hydrogen) atoms. The van der Waals surface area contributed by atoms with Gasteiger partial charge in [0.2, 0.25) is 0 Å². The molecule has 0 aliphatic heterocycles. The second-order valence-electron chi connectivity index (χ2n) is 4.50. The Kier molecular flexibility index (Phi) is 8.09. The van der Waals surface area contributed by atoms with Crippen LogP contribution in [0.4, 0.5) is 0 Å². The molecular weight excluding hydrogens is 361 g/mol. The summed E-state index contributed by atoms with van der Waals surface area (Å²) in [6.07, 6.45) is 0. The summed E-state index contributed by atoms with van der Waals surface area (Å²) < 4.78 is 28.3. The highest BCUT2D eigenvalue weighted by atomic mass is 32.2. The zero-order valence-electron chi connectivity index (χ0n) is 13.6. The molecule has 0 aliphatic carbocycles. The maximum Gasteiger partial charge on any atom is 0.455 e. The predicted octanol–water partition coefficient (Wildman–Crippen LogP) is 6.11. The zero-order valence-corrected chi connectivity index (χ0v) is 16.2. The molecule has 0 unspecified atom stereocenters. The van der Waals surface area contributed by atoms with Crippen LogP contribution in [0, 0.1) is 0 Å². The van der Waals surface area contributed by atoms with Gasteiger partial charge < -0.3 is 0 Å². The van der Waals surface area contributed by atoms with Crippen LogP contribution in [0.3, 0.4) is 0 Å². The predicted molar refractivity (Wildman–Crippen MR) is 103 cm³/mol. The van der Waals surface area contributed by atoms with Crippen molar-refractivity contribution in [2.24, 2.45) is 4.76 Å². The lowest BCUT2D eigenvalue weighted by Gasteiger charge is -2.14. The van der Waals surface area contributed by atoms with Crippen LogP contribution >= 0.6 is 31.3 Å². The minimum Gasteiger partial charge on any atom is -0.291 e. The van der Waals surface area contributed by atoms with E-state index in [9.17, 15) is 4.57 Å². The van der Waals surface area contributed by atoms with Gasteiger partial charge in [-0.05, 0) is 38.1 Å². The molecule has 2 rings (SSSR count). The molecule has 0 saturated heterocycles. The van der Waals surface area contributed by atoms with Gasteiger partial charge in [0.25, 0.3) is 0 Å². The fourth-order valence-electron chi connectivity index (χ4n) is 1.76. The van der Waals surface area contributed by atoms with Crippen LogP contribution in [0.5, 0.6) is 0 Å². The van der Waals surface area contributed by atoms with Crippen LogP contribution in [0.2, 0.25) is 0 Å². The van der Waals surface area contributed by atoms with E-state index in [1.54, 1.807) is 13.8 Å². The second kappa shape index (κ2) is 10.1. The van der Waals surface area contributed by atoms with E-state index in [2.05, 4.69) is 4.76 Å². The summed E-state index contributed by atoms with van der Waals surface area (Å²) in [6.45, 7) is 4.10. The van der Waals surface area contributed by atoms with E-state index >= 15 is 0 Å². The average Bonchev–Trinajstić information content (AvgIpc) is 2.57. The molecule has 2 aromatic carbocycles. The van der Waals surface area contributed by atoms with Gasteiger partial charge in [-0.25, -0.2) is 4.57 Å². The van der Waals surface area contributed by atoms with Gasteiger partial charge in [0.05, 0.1) is 13.2 Å². The molecule has 4 nitrogen and oxygen atoms in total. The lowest BCUT2D eigenvalue weighted by Crippen LogP contribution is -1.96. The molecule has 0 saturated carbocycles. The van der Waals surface area contributed by atoms with E-state index < -0.39 is 7.75 Å². The largest absolute Gasteiger partial charge is 0.455 e. The minimum atomic E-state index is -3.50. The van der Waals surface area contributed by atoms with Crippen molar-refractivity contribution >= 4 is 35.6 Å². The van der Waals surface area contributed by atoms with Crippen molar-refractivity contribution in [1.82, 2.24) is 0 Å². The molecule has 0 radical (unpaired) electrons. The summed E-state index contributed by atoms with van der Waals surface area (Å²) in [5.41, 5.74) is 0.